The molecule has 1 amide bonds. The second kappa shape index (κ2) is 10.1. The molecule has 4 heteroatoms. The SMILES string of the molecule is CC[C@](C#Cc1ccc(C(=O)OC)cc1)(C(=O)Nc1cccc2ccccc12)c1ccccc1. The molecule has 0 fully saturated rings. The number of fused-ring (bicyclic) bond motifs is 1. The highest BCUT2D eigenvalue weighted by Crippen LogP contribution is 2.31. The number of amides is 1. The van der Waals surface area contributed by atoms with Gasteiger partial charge < -0.3 is 10.1 Å². The van der Waals surface area contributed by atoms with Crippen LogP contribution in [0.2, 0.25) is 0 Å². The van der Waals surface area contributed by atoms with E-state index in [-0.39, 0.29) is 5.91 Å². The third-order valence-corrected chi connectivity index (χ3v) is 5.95. The fraction of sp³-hybridized carbons (Fsp3) is 0.133. The lowest BCUT2D eigenvalue weighted by atomic mass is 9.77. The van der Waals surface area contributed by atoms with Crippen molar-refractivity contribution in [1.29, 1.82) is 0 Å². The van der Waals surface area contributed by atoms with Gasteiger partial charge in [0, 0.05) is 16.6 Å². The van der Waals surface area contributed by atoms with Crippen LogP contribution in [0.15, 0.2) is 97.1 Å². The van der Waals surface area contributed by atoms with E-state index in [4.69, 9.17) is 4.74 Å². The van der Waals surface area contributed by atoms with Crippen LogP contribution in [0.3, 0.4) is 0 Å². The van der Waals surface area contributed by atoms with E-state index in [1.165, 1.54) is 7.11 Å². The van der Waals surface area contributed by atoms with E-state index in [1.54, 1.807) is 24.3 Å². The summed E-state index contributed by atoms with van der Waals surface area (Å²) in [5, 5.41) is 5.17. The summed E-state index contributed by atoms with van der Waals surface area (Å²) in [6.45, 7) is 1.96. The smallest absolute Gasteiger partial charge is 0.337 e. The number of carbonyl (C=O) groups excluding carboxylic acids is 2. The van der Waals surface area contributed by atoms with Crippen LogP contribution in [0.4, 0.5) is 5.69 Å². The fourth-order valence-corrected chi connectivity index (χ4v) is 3.99. The van der Waals surface area contributed by atoms with Crippen LogP contribution in [0, 0.1) is 11.8 Å². The zero-order valence-electron chi connectivity index (χ0n) is 19.2. The Morgan fingerprint density at radius 3 is 2.24 bits per heavy atom. The number of rotatable bonds is 5. The monoisotopic (exact) mass is 447 g/mol. The standard InChI is InChI=1S/C30H25NO3/c1-3-30(25-12-5-4-6-13-25,21-20-22-16-18-24(19-17-22)28(32)34-2)29(33)31-27-15-9-11-23-10-7-8-14-26(23)27/h4-19H,3H2,1-2H3,(H,31,33)/t30-/m1/s1. The number of nitrogens with one attached hydrogen (secondary N) is 1. The van der Waals surface area contributed by atoms with Gasteiger partial charge in [0.15, 0.2) is 0 Å². The Labute approximate surface area is 199 Å². The lowest BCUT2D eigenvalue weighted by Gasteiger charge is -2.27. The van der Waals surface area contributed by atoms with E-state index >= 15 is 0 Å². The van der Waals surface area contributed by atoms with E-state index in [9.17, 15) is 9.59 Å². The Bertz CT molecular complexity index is 1380. The Kier molecular flexibility index (Phi) is 6.75. The minimum Gasteiger partial charge on any atom is -0.465 e. The third kappa shape index (κ3) is 4.55. The summed E-state index contributed by atoms with van der Waals surface area (Å²) >= 11 is 0. The van der Waals surface area contributed by atoms with Gasteiger partial charge in [0.2, 0.25) is 5.91 Å². The van der Waals surface area contributed by atoms with E-state index in [2.05, 4.69) is 17.2 Å². The minimum absolute atomic E-state index is 0.184. The zero-order chi connectivity index (χ0) is 24.0. The van der Waals surface area contributed by atoms with Crippen molar-refractivity contribution in [2.45, 2.75) is 18.8 Å². The molecule has 0 aliphatic carbocycles. The van der Waals surface area contributed by atoms with E-state index in [0.717, 1.165) is 22.0 Å². The Balaban J connectivity index is 1.75. The number of benzene rings is 4. The van der Waals surface area contributed by atoms with Crippen molar-refractivity contribution >= 4 is 28.3 Å². The summed E-state index contributed by atoms with van der Waals surface area (Å²) in [7, 11) is 1.35. The lowest BCUT2D eigenvalue weighted by molar-refractivity contribution is -0.119. The average Bonchev–Trinajstić information content (AvgIpc) is 2.90. The quantitative estimate of drug-likeness (QED) is 0.303. The average molecular weight is 448 g/mol. The van der Waals surface area contributed by atoms with Crippen LogP contribution >= 0.6 is 0 Å². The summed E-state index contributed by atoms with van der Waals surface area (Å²) < 4.78 is 4.76. The molecule has 0 bridgehead atoms. The second-order valence-electron chi connectivity index (χ2n) is 7.92. The predicted molar refractivity (Wildman–Crippen MR) is 136 cm³/mol. The van der Waals surface area contributed by atoms with Crippen molar-refractivity contribution in [1.82, 2.24) is 0 Å². The molecule has 0 saturated heterocycles. The van der Waals surface area contributed by atoms with Gasteiger partial charge in [0.25, 0.3) is 0 Å². The highest BCUT2D eigenvalue weighted by molar-refractivity contribution is 6.07. The van der Waals surface area contributed by atoms with Crippen LogP contribution < -0.4 is 5.32 Å². The van der Waals surface area contributed by atoms with Gasteiger partial charge >= 0.3 is 5.97 Å². The highest BCUT2D eigenvalue weighted by Gasteiger charge is 2.37. The number of carbonyl (C=O) groups is 2. The van der Waals surface area contributed by atoms with Crippen molar-refractivity contribution < 1.29 is 14.3 Å². The minimum atomic E-state index is -1.06. The van der Waals surface area contributed by atoms with Gasteiger partial charge in [-0.15, -0.1) is 0 Å². The van der Waals surface area contributed by atoms with Crippen molar-refractivity contribution in [2.75, 3.05) is 12.4 Å². The first-order valence-corrected chi connectivity index (χ1v) is 11.1. The molecule has 1 atom stereocenters. The Morgan fingerprint density at radius 1 is 0.853 bits per heavy atom. The molecule has 0 aromatic heterocycles. The molecule has 0 unspecified atom stereocenters. The molecule has 0 aliphatic heterocycles. The van der Waals surface area contributed by atoms with Crippen molar-refractivity contribution in [3.05, 3.63) is 114 Å². The molecule has 4 aromatic rings. The van der Waals surface area contributed by atoms with E-state index in [0.29, 0.717) is 17.5 Å². The molecule has 0 saturated carbocycles. The Morgan fingerprint density at radius 2 is 1.53 bits per heavy atom. The molecule has 0 aliphatic rings. The first-order chi connectivity index (χ1) is 16.6. The summed E-state index contributed by atoms with van der Waals surface area (Å²) in [5.74, 6) is 5.84. The highest BCUT2D eigenvalue weighted by atomic mass is 16.5. The molecule has 4 rings (SSSR count). The van der Waals surface area contributed by atoms with Gasteiger partial charge in [-0.05, 0) is 47.7 Å². The van der Waals surface area contributed by atoms with Gasteiger partial charge in [-0.1, -0.05) is 85.5 Å². The van der Waals surface area contributed by atoms with Gasteiger partial charge in [0.05, 0.1) is 12.7 Å². The number of ether oxygens (including phenoxy) is 1. The van der Waals surface area contributed by atoms with Crippen molar-refractivity contribution in [2.24, 2.45) is 0 Å². The van der Waals surface area contributed by atoms with Gasteiger partial charge in [0.1, 0.15) is 5.41 Å². The zero-order valence-corrected chi connectivity index (χ0v) is 19.2. The summed E-state index contributed by atoms with van der Waals surface area (Å²) in [6.07, 6.45) is 0.487. The molecular formula is C30H25NO3. The topological polar surface area (TPSA) is 55.4 Å². The molecule has 0 radical (unpaired) electrons. The largest absolute Gasteiger partial charge is 0.465 e. The van der Waals surface area contributed by atoms with Crippen LogP contribution in [0.25, 0.3) is 10.8 Å². The van der Waals surface area contributed by atoms with Crippen LogP contribution in [0.5, 0.6) is 0 Å². The number of methoxy groups -OCH3 is 1. The number of esters is 1. The molecule has 0 heterocycles. The number of anilines is 1. The van der Waals surface area contributed by atoms with Crippen LogP contribution in [-0.2, 0) is 14.9 Å². The molecule has 0 spiro atoms. The van der Waals surface area contributed by atoms with Crippen molar-refractivity contribution in [3.8, 4) is 11.8 Å². The molecule has 4 nitrogen and oxygen atoms in total. The normalized spacial score (nSPS) is 12.2. The summed E-state index contributed by atoms with van der Waals surface area (Å²) in [6, 6.07) is 30.3. The van der Waals surface area contributed by atoms with Crippen LogP contribution in [-0.4, -0.2) is 19.0 Å². The fourth-order valence-electron chi connectivity index (χ4n) is 3.99. The Hall–Kier alpha value is -4.36. The van der Waals surface area contributed by atoms with Crippen molar-refractivity contribution in [3.63, 3.8) is 0 Å². The van der Waals surface area contributed by atoms with Gasteiger partial charge in [-0.25, -0.2) is 4.79 Å². The maximum Gasteiger partial charge on any atom is 0.337 e. The summed E-state index contributed by atoms with van der Waals surface area (Å²) in [5.41, 5.74) is 1.68. The molecule has 34 heavy (non-hydrogen) atoms. The number of hydrogen-bond acceptors (Lipinski definition) is 3. The van der Waals surface area contributed by atoms with Gasteiger partial charge in [-0.2, -0.15) is 0 Å². The van der Waals surface area contributed by atoms with E-state index < -0.39 is 11.4 Å². The second-order valence-corrected chi connectivity index (χ2v) is 7.92. The molecule has 168 valence electrons. The summed E-state index contributed by atoms with van der Waals surface area (Å²) in [4.78, 5) is 25.6. The third-order valence-electron chi connectivity index (χ3n) is 5.95. The molecule has 4 aromatic carbocycles. The lowest BCUT2D eigenvalue weighted by Crippen LogP contribution is -2.39. The maximum atomic E-state index is 13.8. The van der Waals surface area contributed by atoms with Gasteiger partial charge in [-0.3, -0.25) is 4.79 Å². The van der Waals surface area contributed by atoms with Crippen LogP contribution in [0.1, 0.15) is 34.8 Å². The number of hydrogen-bond donors (Lipinski definition) is 1. The maximum absolute atomic E-state index is 13.8. The first-order valence-electron chi connectivity index (χ1n) is 11.1. The molecule has 1 N–H and O–H groups in total. The first kappa shape index (κ1) is 22.8. The van der Waals surface area contributed by atoms with E-state index in [1.807, 2.05) is 79.7 Å². The predicted octanol–water partition coefficient (Wildman–Crippen LogP) is 5.96. The molecular weight excluding hydrogens is 422 g/mol.